The molecular formula is C22H22FN3O5. The predicted molar refractivity (Wildman–Crippen MR) is 108 cm³/mol. The van der Waals surface area contributed by atoms with Crippen LogP contribution in [0.25, 0.3) is 11.3 Å². The first-order valence-electron chi connectivity index (χ1n) is 9.87. The summed E-state index contributed by atoms with van der Waals surface area (Å²) in [6.07, 6.45) is 5.06. The number of methoxy groups -OCH3 is 1. The third-order valence-corrected chi connectivity index (χ3v) is 5.00. The van der Waals surface area contributed by atoms with Crippen LogP contribution in [0, 0.1) is 11.7 Å². The number of halogens is 1. The number of carbonyl (C=O) groups is 1. The summed E-state index contributed by atoms with van der Waals surface area (Å²) in [6, 6.07) is 6.08. The Hall–Kier alpha value is -3.46. The molecular weight excluding hydrogens is 405 g/mol. The second-order valence-corrected chi connectivity index (χ2v) is 7.33. The maximum atomic E-state index is 13.9. The molecule has 1 saturated carbocycles. The number of rotatable bonds is 9. The van der Waals surface area contributed by atoms with E-state index in [9.17, 15) is 14.3 Å². The van der Waals surface area contributed by atoms with Gasteiger partial charge < -0.3 is 24.4 Å². The molecule has 1 aliphatic carbocycles. The Balaban J connectivity index is 1.56. The van der Waals surface area contributed by atoms with Gasteiger partial charge >= 0.3 is 0 Å². The van der Waals surface area contributed by atoms with Crippen molar-refractivity contribution < 1.29 is 28.3 Å². The van der Waals surface area contributed by atoms with Crippen molar-refractivity contribution in [3.05, 3.63) is 59.2 Å². The van der Waals surface area contributed by atoms with Gasteiger partial charge in [-0.1, -0.05) is 11.2 Å². The van der Waals surface area contributed by atoms with Gasteiger partial charge in [-0.15, -0.1) is 0 Å². The zero-order chi connectivity index (χ0) is 21.8. The summed E-state index contributed by atoms with van der Waals surface area (Å²) in [5, 5.41) is 16.1. The number of amides is 1. The standard InChI is InChI=1S/C22H22FN3O5/c1-29-19-5-4-14(6-18(19)23)8-24-21(28)17-7-15(20-16(10-27)12-31-26-20)9-25-22(17)30-11-13-2-3-13/h4-7,9,12-13,27H,2-3,8,10-11H2,1H3,(H,24,28). The smallest absolute Gasteiger partial charge is 0.257 e. The van der Waals surface area contributed by atoms with Gasteiger partial charge in [-0.3, -0.25) is 4.79 Å². The molecule has 0 radical (unpaired) electrons. The van der Waals surface area contributed by atoms with Crippen LogP contribution in [0.4, 0.5) is 4.39 Å². The van der Waals surface area contributed by atoms with Gasteiger partial charge in [-0.05, 0) is 42.5 Å². The highest BCUT2D eigenvalue weighted by Gasteiger charge is 2.24. The number of pyridine rings is 1. The average Bonchev–Trinajstić information content (AvgIpc) is 3.50. The number of hydrogen-bond acceptors (Lipinski definition) is 7. The Bertz CT molecular complexity index is 1080. The van der Waals surface area contributed by atoms with E-state index in [-0.39, 0.29) is 30.3 Å². The van der Waals surface area contributed by atoms with Crippen molar-refractivity contribution in [3.8, 4) is 22.9 Å². The Labute approximate surface area is 178 Å². The molecule has 0 atom stereocenters. The van der Waals surface area contributed by atoms with Crippen LogP contribution in [-0.4, -0.2) is 34.9 Å². The summed E-state index contributed by atoms with van der Waals surface area (Å²) in [7, 11) is 1.39. The highest BCUT2D eigenvalue weighted by molar-refractivity contribution is 5.97. The van der Waals surface area contributed by atoms with Crippen LogP contribution >= 0.6 is 0 Å². The van der Waals surface area contributed by atoms with E-state index in [4.69, 9.17) is 14.0 Å². The molecule has 0 unspecified atom stereocenters. The fourth-order valence-electron chi connectivity index (χ4n) is 3.05. The molecule has 2 N–H and O–H groups in total. The molecule has 0 aliphatic heterocycles. The molecule has 2 aromatic heterocycles. The van der Waals surface area contributed by atoms with E-state index in [0.717, 1.165) is 12.8 Å². The fraction of sp³-hybridized carbons (Fsp3) is 0.318. The zero-order valence-electron chi connectivity index (χ0n) is 16.9. The molecule has 0 saturated heterocycles. The average molecular weight is 427 g/mol. The number of carbonyl (C=O) groups excluding carboxylic acids is 1. The monoisotopic (exact) mass is 427 g/mol. The first-order valence-corrected chi connectivity index (χ1v) is 9.87. The molecule has 162 valence electrons. The molecule has 2 heterocycles. The quantitative estimate of drug-likeness (QED) is 0.540. The Morgan fingerprint density at radius 3 is 2.90 bits per heavy atom. The zero-order valence-corrected chi connectivity index (χ0v) is 16.9. The molecule has 4 rings (SSSR count). The lowest BCUT2D eigenvalue weighted by Crippen LogP contribution is -2.24. The second kappa shape index (κ2) is 9.13. The first-order chi connectivity index (χ1) is 15.1. The minimum Gasteiger partial charge on any atom is -0.494 e. The Kier molecular flexibility index (Phi) is 6.13. The molecule has 1 aliphatic rings. The van der Waals surface area contributed by atoms with Crippen LogP contribution < -0.4 is 14.8 Å². The Morgan fingerprint density at radius 1 is 1.35 bits per heavy atom. The molecule has 0 bridgehead atoms. The maximum Gasteiger partial charge on any atom is 0.257 e. The normalized spacial score (nSPS) is 13.1. The van der Waals surface area contributed by atoms with Crippen LogP contribution in [0.15, 0.2) is 41.2 Å². The van der Waals surface area contributed by atoms with Crippen molar-refractivity contribution in [2.75, 3.05) is 13.7 Å². The van der Waals surface area contributed by atoms with Gasteiger partial charge in [0.25, 0.3) is 5.91 Å². The van der Waals surface area contributed by atoms with E-state index in [2.05, 4.69) is 15.5 Å². The van der Waals surface area contributed by atoms with Gasteiger partial charge in [-0.25, -0.2) is 9.37 Å². The van der Waals surface area contributed by atoms with Crippen LogP contribution in [0.3, 0.4) is 0 Å². The van der Waals surface area contributed by atoms with Gasteiger partial charge in [0.05, 0.1) is 20.3 Å². The fourth-order valence-corrected chi connectivity index (χ4v) is 3.05. The SMILES string of the molecule is COc1ccc(CNC(=O)c2cc(-c3nocc3CO)cnc2OCC2CC2)cc1F. The van der Waals surface area contributed by atoms with Crippen LogP contribution in [0.5, 0.6) is 11.6 Å². The highest BCUT2D eigenvalue weighted by Crippen LogP contribution is 2.31. The third kappa shape index (κ3) is 4.83. The van der Waals surface area contributed by atoms with Crippen molar-refractivity contribution in [3.63, 3.8) is 0 Å². The lowest BCUT2D eigenvalue weighted by Gasteiger charge is -2.12. The first kappa shape index (κ1) is 20.8. The van der Waals surface area contributed by atoms with E-state index in [1.54, 1.807) is 12.1 Å². The molecule has 8 nitrogen and oxygen atoms in total. The molecule has 0 spiro atoms. The van der Waals surface area contributed by atoms with Gasteiger partial charge in [0.15, 0.2) is 11.6 Å². The Morgan fingerprint density at radius 2 is 2.19 bits per heavy atom. The highest BCUT2D eigenvalue weighted by atomic mass is 19.1. The largest absolute Gasteiger partial charge is 0.494 e. The third-order valence-electron chi connectivity index (χ3n) is 5.00. The molecule has 3 aromatic rings. The number of nitrogens with one attached hydrogen (secondary N) is 1. The van der Waals surface area contributed by atoms with E-state index < -0.39 is 11.7 Å². The van der Waals surface area contributed by atoms with Crippen molar-refractivity contribution in [1.82, 2.24) is 15.5 Å². The molecule has 1 fully saturated rings. The number of hydrogen-bond donors (Lipinski definition) is 2. The topological polar surface area (TPSA) is 107 Å². The van der Waals surface area contributed by atoms with Gasteiger partial charge in [0.2, 0.25) is 5.88 Å². The lowest BCUT2D eigenvalue weighted by atomic mass is 10.1. The summed E-state index contributed by atoms with van der Waals surface area (Å²) in [4.78, 5) is 17.2. The van der Waals surface area contributed by atoms with Crippen molar-refractivity contribution >= 4 is 5.91 Å². The van der Waals surface area contributed by atoms with Crippen LogP contribution in [0.1, 0.15) is 34.3 Å². The summed E-state index contributed by atoms with van der Waals surface area (Å²) in [5.41, 5.74) is 2.19. The number of nitrogens with zero attached hydrogens (tertiary/aromatic N) is 2. The molecule has 1 amide bonds. The van der Waals surface area contributed by atoms with Crippen molar-refractivity contribution in [2.24, 2.45) is 5.92 Å². The molecule has 31 heavy (non-hydrogen) atoms. The number of aliphatic hydroxyl groups is 1. The number of aliphatic hydroxyl groups excluding tert-OH is 1. The van der Waals surface area contributed by atoms with Crippen LogP contribution in [0.2, 0.25) is 0 Å². The van der Waals surface area contributed by atoms with E-state index in [0.29, 0.717) is 34.9 Å². The van der Waals surface area contributed by atoms with E-state index in [1.165, 1.54) is 31.7 Å². The lowest BCUT2D eigenvalue weighted by molar-refractivity contribution is 0.0945. The number of ether oxygens (including phenoxy) is 2. The van der Waals surface area contributed by atoms with Gasteiger partial charge in [0.1, 0.15) is 17.5 Å². The van der Waals surface area contributed by atoms with Gasteiger partial charge in [-0.2, -0.15) is 0 Å². The van der Waals surface area contributed by atoms with Crippen molar-refractivity contribution in [2.45, 2.75) is 26.0 Å². The molecule has 9 heteroatoms. The minimum absolute atomic E-state index is 0.109. The van der Waals surface area contributed by atoms with Crippen LogP contribution in [-0.2, 0) is 13.2 Å². The van der Waals surface area contributed by atoms with E-state index >= 15 is 0 Å². The maximum absolute atomic E-state index is 13.9. The van der Waals surface area contributed by atoms with E-state index in [1.807, 2.05) is 0 Å². The summed E-state index contributed by atoms with van der Waals surface area (Å²) in [6.45, 7) is 0.337. The minimum atomic E-state index is -0.506. The second-order valence-electron chi connectivity index (χ2n) is 7.33. The molecule has 1 aromatic carbocycles. The predicted octanol–water partition coefficient (Wildman–Crippen LogP) is 3.10. The number of aromatic nitrogens is 2. The summed E-state index contributed by atoms with van der Waals surface area (Å²) < 4.78 is 29.5. The number of benzene rings is 1. The summed E-state index contributed by atoms with van der Waals surface area (Å²) in [5.74, 6) is -0.103. The van der Waals surface area contributed by atoms with Crippen molar-refractivity contribution in [1.29, 1.82) is 0 Å². The summed E-state index contributed by atoms with van der Waals surface area (Å²) >= 11 is 0. The van der Waals surface area contributed by atoms with Gasteiger partial charge in [0, 0.05) is 23.9 Å².